The zero-order valence-corrected chi connectivity index (χ0v) is 15.1. The van der Waals surface area contributed by atoms with Crippen LogP contribution in [-0.4, -0.2) is 10.2 Å². The number of hydrogen-bond acceptors (Lipinski definition) is 2. The summed E-state index contributed by atoms with van der Waals surface area (Å²) in [6.07, 6.45) is 11.9. The Hall–Kier alpha value is -1.96. The van der Waals surface area contributed by atoms with E-state index < -0.39 is 0 Å². The second kappa shape index (κ2) is 8.42. The predicted octanol–water partition coefficient (Wildman–Crippen LogP) is 6.30. The number of rotatable bonds is 2. The predicted molar refractivity (Wildman–Crippen MR) is 103 cm³/mol. The van der Waals surface area contributed by atoms with Crippen molar-refractivity contribution in [3.05, 3.63) is 59.7 Å². The van der Waals surface area contributed by atoms with Crippen molar-refractivity contribution in [3.63, 3.8) is 0 Å². The fraction of sp³-hybridized carbons (Fsp3) is 0.478. The topological polar surface area (TPSA) is 40.5 Å². The van der Waals surface area contributed by atoms with Crippen LogP contribution in [-0.2, 0) is 5.41 Å². The molecule has 0 atom stereocenters. The summed E-state index contributed by atoms with van der Waals surface area (Å²) in [5.74, 6) is 0.696. The molecule has 2 N–H and O–H groups in total. The first-order valence-corrected chi connectivity index (χ1v) is 9.81. The van der Waals surface area contributed by atoms with Gasteiger partial charge in [0, 0.05) is 16.5 Å². The number of phenolic OH excluding ortho intramolecular Hbond substituents is 2. The molecule has 0 spiro atoms. The average Bonchev–Trinajstić information content (AvgIpc) is 2.68. The maximum Gasteiger partial charge on any atom is 0.119 e. The first-order chi connectivity index (χ1) is 12.2. The number of benzene rings is 2. The molecule has 2 aromatic rings. The van der Waals surface area contributed by atoms with Crippen molar-refractivity contribution in [1.29, 1.82) is 0 Å². The maximum atomic E-state index is 10.6. The van der Waals surface area contributed by atoms with Crippen LogP contribution in [0.5, 0.6) is 11.5 Å². The van der Waals surface area contributed by atoms with E-state index in [2.05, 4.69) is 0 Å². The molecule has 0 radical (unpaired) electrons. The Labute approximate surface area is 151 Å². The van der Waals surface area contributed by atoms with Crippen LogP contribution in [0.2, 0.25) is 0 Å². The molecule has 0 heterocycles. The zero-order valence-electron chi connectivity index (χ0n) is 15.1. The van der Waals surface area contributed by atoms with Gasteiger partial charge < -0.3 is 10.2 Å². The van der Waals surface area contributed by atoms with E-state index in [1.165, 1.54) is 38.5 Å². The molecule has 0 aliphatic heterocycles. The van der Waals surface area contributed by atoms with Crippen molar-refractivity contribution in [2.24, 2.45) is 0 Å². The largest absolute Gasteiger partial charge is 0.508 e. The lowest BCUT2D eigenvalue weighted by atomic mass is 9.67. The number of aromatic hydroxyl groups is 2. The molecule has 0 bridgehead atoms. The Bertz CT molecular complexity index is 618. The maximum absolute atomic E-state index is 10.6. The highest BCUT2D eigenvalue weighted by atomic mass is 16.3. The summed E-state index contributed by atoms with van der Waals surface area (Å²) in [5, 5.41) is 21.3. The van der Waals surface area contributed by atoms with Crippen LogP contribution in [0.25, 0.3) is 0 Å². The van der Waals surface area contributed by atoms with Crippen LogP contribution >= 0.6 is 0 Å². The van der Waals surface area contributed by atoms with Crippen molar-refractivity contribution in [2.75, 3.05) is 0 Å². The Morgan fingerprint density at radius 2 is 0.880 bits per heavy atom. The summed E-state index contributed by atoms with van der Waals surface area (Å²) < 4.78 is 0. The minimum Gasteiger partial charge on any atom is -0.508 e. The molecule has 0 saturated heterocycles. The van der Waals surface area contributed by atoms with Gasteiger partial charge in [-0.15, -0.1) is 0 Å². The van der Waals surface area contributed by atoms with Crippen LogP contribution in [0.3, 0.4) is 0 Å². The standard InChI is InChI=1S/C23H30O2/c24-21-15-9-7-13-19(21)23(20-14-8-10-16-22(20)25)17-11-5-3-1-2-4-6-12-18-23/h7-10,13-16,24-25H,1-6,11-12,17-18H2. The zero-order chi connectivity index (χ0) is 17.5. The molecule has 2 aromatic carbocycles. The second-order valence-corrected chi connectivity index (χ2v) is 7.44. The van der Waals surface area contributed by atoms with Gasteiger partial charge in [-0.2, -0.15) is 0 Å². The van der Waals surface area contributed by atoms with Crippen molar-refractivity contribution >= 4 is 0 Å². The smallest absolute Gasteiger partial charge is 0.119 e. The SMILES string of the molecule is Oc1ccccc1C1(c2ccccc2O)CCCCCCCCCC1. The van der Waals surface area contributed by atoms with Crippen molar-refractivity contribution < 1.29 is 10.2 Å². The lowest BCUT2D eigenvalue weighted by Gasteiger charge is -2.36. The molecule has 1 aliphatic rings. The van der Waals surface area contributed by atoms with Gasteiger partial charge in [0.2, 0.25) is 0 Å². The highest BCUT2D eigenvalue weighted by Crippen LogP contribution is 2.48. The lowest BCUT2D eigenvalue weighted by Crippen LogP contribution is -2.28. The molecule has 0 unspecified atom stereocenters. The highest BCUT2D eigenvalue weighted by Gasteiger charge is 2.37. The normalized spacial score (nSPS) is 19.0. The number of phenols is 2. The molecule has 2 nitrogen and oxygen atoms in total. The minimum atomic E-state index is -0.305. The van der Waals surface area contributed by atoms with E-state index in [0.29, 0.717) is 11.5 Å². The third kappa shape index (κ3) is 4.00. The summed E-state index contributed by atoms with van der Waals surface area (Å²) in [6, 6.07) is 15.4. The molecule has 1 fully saturated rings. The fourth-order valence-electron chi connectivity index (χ4n) is 4.48. The van der Waals surface area contributed by atoms with E-state index in [9.17, 15) is 10.2 Å². The average molecular weight is 338 g/mol. The second-order valence-electron chi connectivity index (χ2n) is 7.44. The van der Waals surface area contributed by atoms with Crippen LogP contribution in [0.15, 0.2) is 48.5 Å². The minimum absolute atomic E-state index is 0.305. The Morgan fingerprint density at radius 3 is 1.28 bits per heavy atom. The molecule has 3 rings (SSSR count). The van der Waals surface area contributed by atoms with Gasteiger partial charge in [0.05, 0.1) is 0 Å². The van der Waals surface area contributed by atoms with E-state index in [1.54, 1.807) is 12.1 Å². The Balaban J connectivity index is 2.09. The number of hydrogen-bond donors (Lipinski definition) is 2. The summed E-state index contributed by atoms with van der Waals surface area (Å²) in [4.78, 5) is 0. The molecular formula is C23H30O2. The lowest BCUT2D eigenvalue weighted by molar-refractivity contribution is 0.360. The fourth-order valence-corrected chi connectivity index (χ4v) is 4.48. The van der Waals surface area contributed by atoms with Crippen molar-refractivity contribution in [1.82, 2.24) is 0 Å². The Morgan fingerprint density at radius 1 is 0.520 bits per heavy atom. The van der Waals surface area contributed by atoms with Gasteiger partial charge in [0.15, 0.2) is 0 Å². The molecule has 25 heavy (non-hydrogen) atoms. The van der Waals surface area contributed by atoms with E-state index >= 15 is 0 Å². The van der Waals surface area contributed by atoms with Crippen LogP contribution in [0.1, 0.15) is 75.3 Å². The molecule has 2 heteroatoms. The summed E-state index contributed by atoms with van der Waals surface area (Å²) in [7, 11) is 0. The van der Waals surface area contributed by atoms with Crippen LogP contribution in [0, 0.1) is 0 Å². The third-order valence-corrected chi connectivity index (χ3v) is 5.80. The first kappa shape index (κ1) is 17.8. The summed E-state index contributed by atoms with van der Waals surface area (Å²) in [6.45, 7) is 0. The van der Waals surface area contributed by atoms with Gasteiger partial charge in [-0.25, -0.2) is 0 Å². The summed E-state index contributed by atoms with van der Waals surface area (Å²) in [5.41, 5.74) is 1.63. The highest BCUT2D eigenvalue weighted by molar-refractivity contribution is 5.51. The molecule has 0 amide bonds. The van der Waals surface area contributed by atoms with E-state index in [1.807, 2.05) is 36.4 Å². The number of para-hydroxylation sites is 2. The molecule has 1 saturated carbocycles. The van der Waals surface area contributed by atoms with Gasteiger partial charge in [-0.05, 0) is 25.0 Å². The first-order valence-electron chi connectivity index (χ1n) is 9.81. The van der Waals surface area contributed by atoms with Crippen LogP contribution < -0.4 is 0 Å². The molecule has 1 aliphatic carbocycles. The summed E-state index contributed by atoms with van der Waals surface area (Å²) >= 11 is 0. The van der Waals surface area contributed by atoms with E-state index in [-0.39, 0.29) is 5.41 Å². The van der Waals surface area contributed by atoms with Gasteiger partial charge in [0.1, 0.15) is 11.5 Å². The monoisotopic (exact) mass is 338 g/mol. The van der Waals surface area contributed by atoms with Gasteiger partial charge in [-0.3, -0.25) is 0 Å². The van der Waals surface area contributed by atoms with Crippen molar-refractivity contribution in [2.45, 2.75) is 69.6 Å². The quantitative estimate of drug-likeness (QED) is 0.674. The van der Waals surface area contributed by atoms with Gasteiger partial charge >= 0.3 is 0 Å². The molecule has 0 aromatic heterocycles. The van der Waals surface area contributed by atoms with Gasteiger partial charge in [0.25, 0.3) is 0 Å². The van der Waals surface area contributed by atoms with Crippen LogP contribution in [0.4, 0.5) is 0 Å². The third-order valence-electron chi connectivity index (χ3n) is 5.80. The van der Waals surface area contributed by atoms with E-state index in [0.717, 1.165) is 36.8 Å². The molecular weight excluding hydrogens is 308 g/mol. The Kier molecular flexibility index (Phi) is 6.01. The van der Waals surface area contributed by atoms with E-state index in [4.69, 9.17) is 0 Å². The van der Waals surface area contributed by atoms with Crippen molar-refractivity contribution in [3.8, 4) is 11.5 Å². The molecule has 134 valence electrons. The van der Waals surface area contributed by atoms with Gasteiger partial charge in [-0.1, -0.05) is 87.8 Å².